The van der Waals surface area contributed by atoms with E-state index in [4.69, 9.17) is 4.42 Å². The van der Waals surface area contributed by atoms with E-state index in [1.54, 1.807) is 12.1 Å². The average molecular weight is 275 g/mol. The number of hydrogen-bond donors (Lipinski definition) is 1. The first-order valence-electron chi connectivity index (χ1n) is 6.83. The minimum atomic E-state index is -0.0386. The molecule has 0 atom stereocenters. The van der Waals surface area contributed by atoms with Crippen LogP contribution in [0.4, 0.5) is 0 Å². The van der Waals surface area contributed by atoms with Crippen LogP contribution in [0.15, 0.2) is 63.8 Å². The van der Waals surface area contributed by atoms with Crippen LogP contribution in [0.3, 0.4) is 0 Å². The van der Waals surface area contributed by atoms with E-state index in [1.807, 2.05) is 49.4 Å². The molecule has 4 aromatic rings. The van der Waals surface area contributed by atoms with Crippen LogP contribution in [0.1, 0.15) is 5.76 Å². The van der Waals surface area contributed by atoms with E-state index in [0.29, 0.717) is 5.58 Å². The molecule has 0 amide bonds. The zero-order valence-corrected chi connectivity index (χ0v) is 11.5. The lowest BCUT2D eigenvalue weighted by Gasteiger charge is -2.10. The summed E-state index contributed by atoms with van der Waals surface area (Å²) in [5.74, 6) is 0.774. The molecule has 0 fully saturated rings. The van der Waals surface area contributed by atoms with Gasteiger partial charge in [0.05, 0.1) is 5.52 Å². The third kappa shape index (κ3) is 1.94. The SMILES string of the molecule is Cc1cc2[nH]c(-c3ccccc3)cc3cc(=O)cc(o1)c32. The summed E-state index contributed by atoms with van der Waals surface area (Å²) in [6.07, 6.45) is 0. The number of aromatic nitrogens is 1. The molecule has 3 heteroatoms. The molecule has 0 bridgehead atoms. The molecule has 0 aliphatic heterocycles. The average Bonchev–Trinajstić information content (AvgIpc) is 2.46. The largest absolute Gasteiger partial charge is 0.461 e. The second-order valence-electron chi connectivity index (χ2n) is 5.21. The van der Waals surface area contributed by atoms with E-state index in [0.717, 1.165) is 33.3 Å². The van der Waals surface area contributed by atoms with Crippen molar-refractivity contribution in [2.24, 2.45) is 0 Å². The van der Waals surface area contributed by atoms with Crippen LogP contribution >= 0.6 is 0 Å². The monoisotopic (exact) mass is 275 g/mol. The highest BCUT2D eigenvalue weighted by molar-refractivity contribution is 6.07. The summed E-state index contributed by atoms with van der Waals surface area (Å²) in [5, 5.41) is 1.86. The number of pyridine rings is 1. The maximum atomic E-state index is 11.8. The van der Waals surface area contributed by atoms with E-state index in [-0.39, 0.29) is 5.43 Å². The lowest BCUT2D eigenvalue weighted by atomic mass is 10.0. The van der Waals surface area contributed by atoms with Gasteiger partial charge in [0.25, 0.3) is 0 Å². The van der Waals surface area contributed by atoms with Gasteiger partial charge in [0, 0.05) is 23.2 Å². The third-order valence-corrected chi connectivity index (χ3v) is 3.65. The summed E-state index contributed by atoms with van der Waals surface area (Å²) in [6.45, 7) is 1.88. The molecule has 0 aliphatic rings. The van der Waals surface area contributed by atoms with Crippen LogP contribution in [0.5, 0.6) is 0 Å². The molecule has 0 radical (unpaired) electrons. The van der Waals surface area contributed by atoms with Crippen molar-refractivity contribution < 1.29 is 4.42 Å². The molecule has 0 saturated heterocycles. The van der Waals surface area contributed by atoms with Crippen LogP contribution in [0.25, 0.3) is 33.1 Å². The molecule has 0 unspecified atom stereocenters. The van der Waals surface area contributed by atoms with Gasteiger partial charge in [-0.3, -0.25) is 4.79 Å². The summed E-state index contributed by atoms with van der Waals surface area (Å²) in [4.78, 5) is 15.3. The molecule has 3 nitrogen and oxygen atoms in total. The Labute approximate surface area is 120 Å². The molecule has 2 aromatic carbocycles. The van der Waals surface area contributed by atoms with Crippen molar-refractivity contribution in [3.05, 3.63) is 70.6 Å². The summed E-state index contributed by atoms with van der Waals surface area (Å²) in [7, 11) is 0. The van der Waals surface area contributed by atoms with Crippen LogP contribution in [-0.2, 0) is 0 Å². The Bertz CT molecular complexity index is 1010. The maximum Gasteiger partial charge on any atom is 0.182 e. The number of nitrogens with one attached hydrogen (secondary N) is 1. The van der Waals surface area contributed by atoms with Crippen molar-refractivity contribution in [2.75, 3.05) is 0 Å². The van der Waals surface area contributed by atoms with Crippen LogP contribution in [0, 0.1) is 6.92 Å². The van der Waals surface area contributed by atoms with Gasteiger partial charge < -0.3 is 9.40 Å². The number of rotatable bonds is 1. The van der Waals surface area contributed by atoms with E-state index < -0.39 is 0 Å². The zero-order chi connectivity index (χ0) is 14.4. The Morgan fingerprint density at radius 1 is 1.00 bits per heavy atom. The number of H-pyrrole nitrogens is 1. The van der Waals surface area contributed by atoms with Crippen LogP contribution in [-0.4, -0.2) is 4.98 Å². The van der Waals surface area contributed by atoms with Crippen molar-refractivity contribution >= 4 is 21.9 Å². The van der Waals surface area contributed by atoms with Gasteiger partial charge in [0.1, 0.15) is 11.3 Å². The Hall–Kier alpha value is -2.81. The van der Waals surface area contributed by atoms with Gasteiger partial charge in [-0.1, -0.05) is 30.3 Å². The second kappa shape index (κ2) is 4.35. The Balaban J connectivity index is 2.15. The molecular weight excluding hydrogens is 262 g/mol. The van der Waals surface area contributed by atoms with Crippen LogP contribution < -0.4 is 5.43 Å². The highest BCUT2D eigenvalue weighted by Gasteiger charge is 2.09. The van der Waals surface area contributed by atoms with Gasteiger partial charge >= 0.3 is 0 Å². The highest BCUT2D eigenvalue weighted by Crippen LogP contribution is 2.29. The number of aromatic amines is 1. The molecule has 2 heterocycles. The van der Waals surface area contributed by atoms with Crippen molar-refractivity contribution in [3.8, 4) is 11.3 Å². The number of benzene rings is 2. The standard InChI is InChI=1S/C18H13NO2/c1-11-7-16-18-13(8-14(20)10-17(18)21-11)9-15(19-16)12-5-3-2-4-6-12/h2-10,19H,1H3. The molecule has 0 aliphatic carbocycles. The number of hydrogen-bond acceptors (Lipinski definition) is 2. The second-order valence-corrected chi connectivity index (χ2v) is 5.21. The molecule has 4 rings (SSSR count). The van der Waals surface area contributed by atoms with E-state index in [1.165, 1.54) is 0 Å². The van der Waals surface area contributed by atoms with E-state index in [2.05, 4.69) is 4.98 Å². The first-order chi connectivity index (χ1) is 10.2. The van der Waals surface area contributed by atoms with Crippen molar-refractivity contribution in [1.29, 1.82) is 0 Å². The first-order valence-corrected chi connectivity index (χ1v) is 6.83. The fourth-order valence-electron chi connectivity index (χ4n) is 2.78. The molecule has 21 heavy (non-hydrogen) atoms. The predicted octanol–water partition coefficient (Wildman–Crippen LogP) is 4.25. The summed E-state index contributed by atoms with van der Waals surface area (Å²) in [5.41, 5.74) is 3.64. The van der Waals surface area contributed by atoms with Crippen molar-refractivity contribution in [1.82, 2.24) is 4.98 Å². The molecule has 0 saturated carbocycles. The van der Waals surface area contributed by atoms with Gasteiger partial charge in [0.15, 0.2) is 5.43 Å². The summed E-state index contributed by atoms with van der Waals surface area (Å²) in [6, 6.07) is 17.2. The van der Waals surface area contributed by atoms with Gasteiger partial charge in [-0.05, 0) is 30.0 Å². The quantitative estimate of drug-likeness (QED) is 0.564. The normalized spacial score (nSPS) is 11.3. The van der Waals surface area contributed by atoms with Gasteiger partial charge in [-0.2, -0.15) is 0 Å². The maximum absolute atomic E-state index is 11.8. The summed E-state index contributed by atoms with van der Waals surface area (Å²) < 4.78 is 5.67. The topological polar surface area (TPSA) is 46.0 Å². The molecule has 0 spiro atoms. The lowest BCUT2D eigenvalue weighted by molar-refractivity contribution is 0.567. The Kier molecular flexibility index (Phi) is 2.48. The van der Waals surface area contributed by atoms with E-state index >= 15 is 0 Å². The van der Waals surface area contributed by atoms with Crippen molar-refractivity contribution in [3.63, 3.8) is 0 Å². The number of aryl methyl sites for hydroxylation is 1. The minimum absolute atomic E-state index is 0.0386. The fraction of sp³-hybridized carbons (Fsp3) is 0.0556. The lowest BCUT2D eigenvalue weighted by Crippen LogP contribution is -1.98. The van der Waals surface area contributed by atoms with Gasteiger partial charge in [-0.15, -0.1) is 0 Å². The van der Waals surface area contributed by atoms with E-state index in [9.17, 15) is 4.79 Å². The molecular formula is C18H13NO2. The molecule has 1 N–H and O–H groups in total. The smallest absolute Gasteiger partial charge is 0.182 e. The third-order valence-electron chi connectivity index (χ3n) is 3.65. The fourth-order valence-corrected chi connectivity index (χ4v) is 2.78. The first kappa shape index (κ1) is 12.0. The van der Waals surface area contributed by atoms with Gasteiger partial charge in [-0.25, -0.2) is 0 Å². The molecule has 2 aromatic heterocycles. The van der Waals surface area contributed by atoms with Crippen molar-refractivity contribution in [2.45, 2.75) is 6.92 Å². The van der Waals surface area contributed by atoms with Gasteiger partial charge in [0.2, 0.25) is 0 Å². The zero-order valence-electron chi connectivity index (χ0n) is 11.5. The Morgan fingerprint density at radius 2 is 1.81 bits per heavy atom. The minimum Gasteiger partial charge on any atom is -0.461 e. The summed E-state index contributed by atoms with van der Waals surface area (Å²) >= 11 is 0. The van der Waals surface area contributed by atoms with Crippen LogP contribution in [0.2, 0.25) is 0 Å². The highest BCUT2D eigenvalue weighted by atomic mass is 16.3. The molecule has 102 valence electrons. The Morgan fingerprint density at radius 3 is 2.62 bits per heavy atom. The predicted molar refractivity (Wildman–Crippen MR) is 84.5 cm³/mol.